The van der Waals surface area contributed by atoms with E-state index >= 15 is 0 Å². The van der Waals surface area contributed by atoms with Crippen LogP contribution in [0.3, 0.4) is 0 Å². The average molecular weight is 302 g/mol. The van der Waals surface area contributed by atoms with E-state index in [1.807, 2.05) is 11.6 Å². The molecular weight excluding hydrogens is 284 g/mol. The van der Waals surface area contributed by atoms with Crippen molar-refractivity contribution in [3.63, 3.8) is 0 Å². The second-order valence-electron chi connectivity index (χ2n) is 5.51. The molecule has 21 heavy (non-hydrogen) atoms. The molecule has 5 heteroatoms. The molecule has 0 spiro atoms. The Morgan fingerprint density at radius 3 is 3.00 bits per heavy atom. The molecule has 0 N–H and O–H groups in total. The molecule has 0 amide bonds. The maximum Gasteiger partial charge on any atom is 0.161 e. The molecule has 2 aliphatic heterocycles. The van der Waals surface area contributed by atoms with Crippen LogP contribution in [-0.4, -0.2) is 29.6 Å². The van der Waals surface area contributed by atoms with E-state index in [2.05, 4.69) is 27.4 Å². The number of likely N-dealkylation sites (tertiary alicyclic amines) is 1. The van der Waals surface area contributed by atoms with Crippen LogP contribution >= 0.6 is 11.3 Å². The van der Waals surface area contributed by atoms with Crippen LogP contribution < -0.4 is 9.47 Å². The summed E-state index contributed by atoms with van der Waals surface area (Å²) in [6.45, 7) is 3.36. The Morgan fingerprint density at radius 2 is 2.14 bits per heavy atom. The molecule has 0 unspecified atom stereocenters. The molecule has 1 saturated heterocycles. The first-order valence-corrected chi connectivity index (χ1v) is 8.35. The maximum absolute atomic E-state index is 5.71. The maximum atomic E-state index is 5.71. The normalized spacial score (nSPS) is 21.6. The summed E-state index contributed by atoms with van der Waals surface area (Å²) < 4.78 is 11.3. The van der Waals surface area contributed by atoms with Crippen molar-refractivity contribution >= 4 is 11.3 Å². The van der Waals surface area contributed by atoms with Crippen molar-refractivity contribution < 1.29 is 9.47 Å². The quantitative estimate of drug-likeness (QED) is 0.871. The van der Waals surface area contributed by atoms with Crippen LogP contribution in [0.2, 0.25) is 0 Å². The van der Waals surface area contributed by atoms with E-state index in [0.29, 0.717) is 19.3 Å². The largest absolute Gasteiger partial charge is 0.486 e. The Hall–Kier alpha value is -1.59. The Labute approximate surface area is 128 Å². The van der Waals surface area contributed by atoms with Crippen LogP contribution in [-0.2, 0) is 6.54 Å². The average Bonchev–Trinajstić information content (AvgIpc) is 3.19. The van der Waals surface area contributed by atoms with Crippen LogP contribution in [0.15, 0.2) is 29.1 Å². The number of fused-ring (bicyclic) bond motifs is 1. The minimum Gasteiger partial charge on any atom is -0.486 e. The second kappa shape index (κ2) is 5.66. The van der Waals surface area contributed by atoms with E-state index < -0.39 is 0 Å². The smallest absolute Gasteiger partial charge is 0.161 e. The van der Waals surface area contributed by atoms with Crippen LogP contribution in [0.4, 0.5) is 0 Å². The molecule has 1 aromatic carbocycles. The van der Waals surface area contributed by atoms with E-state index in [9.17, 15) is 0 Å². The molecule has 110 valence electrons. The molecule has 0 bridgehead atoms. The van der Waals surface area contributed by atoms with E-state index in [1.54, 1.807) is 11.3 Å². The van der Waals surface area contributed by atoms with Gasteiger partial charge in [0, 0.05) is 18.0 Å². The van der Waals surface area contributed by atoms with Crippen LogP contribution in [0, 0.1) is 0 Å². The van der Waals surface area contributed by atoms with Gasteiger partial charge in [-0.05, 0) is 37.1 Å². The lowest BCUT2D eigenvalue weighted by Crippen LogP contribution is -2.23. The van der Waals surface area contributed by atoms with Gasteiger partial charge in [-0.15, -0.1) is 11.3 Å². The Kier molecular flexibility index (Phi) is 3.53. The van der Waals surface area contributed by atoms with Crippen molar-refractivity contribution in [1.29, 1.82) is 0 Å². The lowest BCUT2D eigenvalue weighted by Gasteiger charge is -2.26. The molecular formula is C16H18N2O2S. The first-order valence-electron chi connectivity index (χ1n) is 7.41. The first kappa shape index (κ1) is 13.1. The molecule has 2 aliphatic rings. The number of aromatic nitrogens is 1. The topological polar surface area (TPSA) is 34.6 Å². The molecule has 1 atom stereocenters. The van der Waals surface area contributed by atoms with Crippen molar-refractivity contribution in [3.05, 3.63) is 40.3 Å². The van der Waals surface area contributed by atoms with Crippen molar-refractivity contribution in [3.8, 4) is 11.5 Å². The molecule has 0 saturated carbocycles. The predicted molar refractivity (Wildman–Crippen MR) is 81.9 cm³/mol. The number of benzene rings is 1. The number of nitrogens with zero attached hydrogens (tertiary/aromatic N) is 2. The molecule has 0 radical (unpaired) electrons. The van der Waals surface area contributed by atoms with Gasteiger partial charge in [-0.1, -0.05) is 6.07 Å². The standard InChI is InChI=1S/C16H18N2O2S/c1-2-14(18(5-1)9-13-10-21-11-17-13)12-3-4-15-16(8-12)20-7-6-19-15/h3-4,8,10-11,14H,1-2,5-7,9H2/t14-/m0/s1. The lowest BCUT2D eigenvalue weighted by atomic mass is 10.0. The van der Waals surface area contributed by atoms with Gasteiger partial charge in [0.05, 0.1) is 11.2 Å². The van der Waals surface area contributed by atoms with Gasteiger partial charge in [-0.25, -0.2) is 4.98 Å². The number of ether oxygens (including phenoxy) is 2. The van der Waals surface area contributed by atoms with Crippen molar-refractivity contribution in [1.82, 2.24) is 9.88 Å². The Balaban J connectivity index is 1.56. The van der Waals surface area contributed by atoms with Crippen molar-refractivity contribution in [2.75, 3.05) is 19.8 Å². The fourth-order valence-corrected chi connectivity index (χ4v) is 3.73. The summed E-state index contributed by atoms with van der Waals surface area (Å²) in [6, 6.07) is 6.83. The van der Waals surface area contributed by atoms with Crippen LogP contribution in [0.25, 0.3) is 0 Å². The fourth-order valence-electron chi connectivity index (χ4n) is 3.18. The highest BCUT2D eigenvalue weighted by Gasteiger charge is 2.27. The highest BCUT2D eigenvalue weighted by molar-refractivity contribution is 7.07. The van der Waals surface area contributed by atoms with Gasteiger partial charge in [0.1, 0.15) is 13.2 Å². The van der Waals surface area contributed by atoms with E-state index in [4.69, 9.17) is 9.47 Å². The summed E-state index contributed by atoms with van der Waals surface area (Å²) in [7, 11) is 0. The Bertz CT molecular complexity index is 615. The summed E-state index contributed by atoms with van der Waals surface area (Å²) in [5.74, 6) is 1.76. The predicted octanol–water partition coefficient (Wildman–Crippen LogP) is 3.25. The van der Waals surface area contributed by atoms with Gasteiger partial charge in [0.25, 0.3) is 0 Å². The summed E-state index contributed by atoms with van der Waals surface area (Å²) in [4.78, 5) is 6.92. The molecule has 0 aliphatic carbocycles. The number of hydrogen-bond donors (Lipinski definition) is 0. The highest BCUT2D eigenvalue weighted by atomic mass is 32.1. The number of thiazole rings is 1. The molecule has 4 nitrogen and oxygen atoms in total. The van der Waals surface area contributed by atoms with Gasteiger partial charge in [0.2, 0.25) is 0 Å². The SMILES string of the molecule is c1nc(CN2CCC[C@H]2c2ccc3c(c2)OCCO3)cs1. The lowest BCUT2D eigenvalue weighted by molar-refractivity contribution is 0.170. The third kappa shape index (κ3) is 2.63. The van der Waals surface area contributed by atoms with E-state index in [0.717, 1.165) is 24.6 Å². The zero-order chi connectivity index (χ0) is 14.1. The zero-order valence-corrected chi connectivity index (χ0v) is 12.6. The number of rotatable bonds is 3. The van der Waals surface area contributed by atoms with Gasteiger partial charge in [-0.2, -0.15) is 0 Å². The minimum absolute atomic E-state index is 0.461. The van der Waals surface area contributed by atoms with E-state index in [1.165, 1.54) is 24.1 Å². The van der Waals surface area contributed by atoms with Crippen LogP contribution in [0.1, 0.15) is 30.1 Å². The first-order chi connectivity index (χ1) is 10.4. The second-order valence-corrected chi connectivity index (χ2v) is 6.23. The highest BCUT2D eigenvalue weighted by Crippen LogP contribution is 2.38. The molecule has 3 heterocycles. The zero-order valence-electron chi connectivity index (χ0n) is 11.8. The fraction of sp³-hybridized carbons (Fsp3) is 0.438. The minimum atomic E-state index is 0.461. The van der Waals surface area contributed by atoms with Crippen LogP contribution in [0.5, 0.6) is 11.5 Å². The van der Waals surface area contributed by atoms with Gasteiger partial charge in [-0.3, -0.25) is 4.90 Å². The Morgan fingerprint density at radius 1 is 1.24 bits per heavy atom. The van der Waals surface area contributed by atoms with Gasteiger partial charge < -0.3 is 9.47 Å². The molecule has 4 rings (SSSR count). The molecule has 1 fully saturated rings. The summed E-state index contributed by atoms with van der Waals surface area (Å²) >= 11 is 1.66. The third-order valence-corrected chi connectivity index (χ3v) is 4.80. The summed E-state index contributed by atoms with van der Waals surface area (Å²) in [6.07, 6.45) is 2.44. The molecule has 1 aromatic heterocycles. The van der Waals surface area contributed by atoms with Crippen molar-refractivity contribution in [2.24, 2.45) is 0 Å². The van der Waals surface area contributed by atoms with Gasteiger partial charge in [0.15, 0.2) is 11.5 Å². The summed E-state index contributed by atoms with van der Waals surface area (Å²) in [5.41, 5.74) is 4.40. The monoisotopic (exact) mass is 302 g/mol. The number of hydrogen-bond acceptors (Lipinski definition) is 5. The van der Waals surface area contributed by atoms with Gasteiger partial charge >= 0.3 is 0 Å². The summed E-state index contributed by atoms with van der Waals surface area (Å²) in [5, 5.41) is 2.14. The van der Waals surface area contributed by atoms with Crippen molar-refractivity contribution in [2.45, 2.75) is 25.4 Å². The molecule has 2 aromatic rings. The third-order valence-electron chi connectivity index (χ3n) is 4.16. The van der Waals surface area contributed by atoms with E-state index in [-0.39, 0.29) is 0 Å².